The Morgan fingerprint density at radius 1 is 1.10 bits per heavy atom. The van der Waals surface area contributed by atoms with E-state index in [-0.39, 0.29) is 6.03 Å². The summed E-state index contributed by atoms with van der Waals surface area (Å²) in [7, 11) is 0. The molecule has 2 amide bonds. The van der Waals surface area contributed by atoms with Crippen LogP contribution in [0.15, 0.2) is 42.5 Å². The van der Waals surface area contributed by atoms with E-state index in [0.29, 0.717) is 22.3 Å². The Morgan fingerprint density at radius 3 is 2.50 bits per heavy atom. The van der Waals surface area contributed by atoms with Crippen molar-refractivity contribution in [3.63, 3.8) is 0 Å². The number of halogens is 2. The zero-order valence-electron chi connectivity index (χ0n) is 10.9. The van der Waals surface area contributed by atoms with Crippen LogP contribution >= 0.6 is 23.2 Å². The van der Waals surface area contributed by atoms with E-state index >= 15 is 0 Å². The maximum absolute atomic E-state index is 11.8. The molecule has 3 nitrogen and oxygen atoms in total. The van der Waals surface area contributed by atoms with Crippen molar-refractivity contribution in [3.05, 3.63) is 63.6 Å². The smallest absolute Gasteiger partial charge is 0.319 e. The van der Waals surface area contributed by atoms with Crippen molar-refractivity contribution in [1.29, 1.82) is 0 Å². The lowest BCUT2D eigenvalue weighted by Crippen LogP contribution is -2.28. The Kier molecular flexibility index (Phi) is 4.88. The molecule has 0 aliphatic heterocycles. The summed E-state index contributed by atoms with van der Waals surface area (Å²) in [5, 5.41) is 6.46. The number of carbonyl (C=O) groups excluding carboxylic acids is 1. The molecule has 20 heavy (non-hydrogen) atoms. The summed E-state index contributed by atoms with van der Waals surface area (Å²) in [5.74, 6) is 0. The van der Waals surface area contributed by atoms with Gasteiger partial charge in [0.1, 0.15) is 0 Å². The van der Waals surface area contributed by atoms with Crippen LogP contribution in [0.1, 0.15) is 11.1 Å². The van der Waals surface area contributed by atoms with Gasteiger partial charge in [0.2, 0.25) is 0 Å². The molecule has 0 aliphatic rings. The Bertz CT molecular complexity index is 615. The van der Waals surface area contributed by atoms with E-state index in [1.165, 1.54) is 0 Å². The molecule has 2 aromatic rings. The van der Waals surface area contributed by atoms with Crippen LogP contribution < -0.4 is 10.6 Å². The standard InChI is InChI=1S/C15H14Cl2N2O/c1-10-7-13(17)14(8-12(10)16)19-15(20)18-9-11-5-3-2-4-6-11/h2-8H,9H2,1H3,(H2,18,19,20). The van der Waals surface area contributed by atoms with Gasteiger partial charge in [-0.05, 0) is 30.2 Å². The zero-order chi connectivity index (χ0) is 14.5. The molecule has 0 aliphatic carbocycles. The highest BCUT2D eigenvalue weighted by molar-refractivity contribution is 6.36. The maximum atomic E-state index is 11.8. The molecular formula is C15H14Cl2N2O. The molecule has 0 saturated carbocycles. The lowest BCUT2D eigenvalue weighted by atomic mass is 10.2. The lowest BCUT2D eigenvalue weighted by molar-refractivity contribution is 0.251. The first-order valence-corrected chi connectivity index (χ1v) is 6.86. The van der Waals surface area contributed by atoms with E-state index in [1.54, 1.807) is 12.1 Å². The first-order valence-electron chi connectivity index (χ1n) is 6.10. The summed E-state index contributed by atoms with van der Waals surface area (Å²) in [5.41, 5.74) is 2.38. The molecule has 0 unspecified atom stereocenters. The molecule has 0 heterocycles. The number of anilines is 1. The number of carbonyl (C=O) groups is 1. The van der Waals surface area contributed by atoms with Gasteiger partial charge in [-0.2, -0.15) is 0 Å². The number of hydrogen-bond donors (Lipinski definition) is 2. The molecule has 0 fully saturated rings. The Hall–Kier alpha value is -1.71. The SMILES string of the molecule is Cc1cc(Cl)c(NC(=O)NCc2ccccc2)cc1Cl. The van der Waals surface area contributed by atoms with Crippen LogP contribution in [-0.4, -0.2) is 6.03 Å². The second kappa shape index (κ2) is 6.64. The Morgan fingerprint density at radius 2 is 1.80 bits per heavy atom. The topological polar surface area (TPSA) is 41.1 Å². The summed E-state index contributed by atoms with van der Waals surface area (Å²) in [6, 6.07) is 12.7. The van der Waals surface area contributed by atoms with E-state index in [0.717, 1.165) is 11.1 Å². The summed E-state index contributed by atoms with van der Waals surface area (Å²) < 4.78 is 0. The van der Waals surface area contributed by atoms with Crippen LogP contribution in [0, 0.1) is 6.92 Å². The van der Waals surface area contributed by atoms with Crippen molar-refractivity contribution < 1.29 is 4.79 Å². The van der Waals surface area contributed by atoms with E-state index in [4.69, 9.17) is 23.2 Å². The van der Waals surface area contributed by atoms with Gasteiger partial charge < -0.3 is 10.6 Å². The third-order valence-corrected chi connectivity index (χ3v) is 3.51. The minimum atomic E-state index is -0.323. The fraction of sp³-hybridized carbons (Fsp3) is 0.133. The third-order valence-electron chi connectivity index (χ3n) is 2.79. The van der Waals surface area contributed by atoms with Crippen molar-refractivity contribution >= 4 is 34.9 Å². The van der Waals surface area contributed by atoms with Crippen LogP contribution in [0.5, 0.6) is 0 Å². The van der Waals surface area contributed by atoms with Crippen LogP contribution in [-0.2, 0) is 6.54 Å². The third kappa shape index (κ3) is 3.89. The van der Waals surface area contributed by atoms with Crippen molar-refractivity contribution in [1.82, 2.24) is 5.32 Å². The molecular weight excluding hydrogens is 295 g/mol. The highest BCUT2D eigenvalue weighted by Crippen LogP contribution is 2.28. The molecule has 0 atom stereocenters. The van der Waals surface area contributed by atoms with Crippen molar-refractivity contribution in [2.45, 2.75) is 13.5 Å². The maximum Gasteiger partial charge on any atom is 0.319 e. The van der Waals surface area contributed by atoms with Crippen LogP contribution in [0.3, 0.4) is 0 Å². The number of urea groups is 1. The molecule has 2 aromatic carbocycles. The molecule has 0 bridgehead atoms. The van der Waals surface area contributed by atoms with E-state index in [2.05, 4.69) is 10.6 Å². The molecule has 0 saturated heterocycles. The first-order chi connectivity index (χ1) is 9.56. The second-order valence-corrected chi connectivity index (χ2v) is 5.19. The summed E-state index contributed by atoms with van der Waals surface area (Å²) in [6.45, 7) is 2.30. The van der Waals surface area contributed by atoms with Gasteiger partial charge in [0.05, 0.1) is 10.7 Å². The fourth-order valence-electron chi connectivity index (χ4n) is 1.69. The monoisotopic (exact) mass is 308 g/mol. The van der Waals surface area contributed by atoms with E-state index in [9.17, 15) is 4.79 Å². The quantitative estimate of drug-likeness (QED) is 0.853. The van der Waals surface area contributed by atoms with Gasteiger partial charge >= 0.3 is 6.03 Å². The van der Waals surface area contributed by atoms with Gasteiger partial charge in [0.25, 0.3) is 0 Å². The summed E-state index contributed by atoms with van der Waals surface area (Å²) in [6.07, 6.45) is 0. The van der Waals surface area contributed by atoms with Gasteiger partial charge in [0, 0.05) is 11.6 Å². The zero-order valence-corrected chi connectivity index (χ0v) is 12.4. The predicted molar refractivity (Wildman–Crippen MR) is 83.5 cm³/mol. The first kappa shape index (κ1) is 14.7. The van der Waals surface area contributed by atoms with Crippen LogP contribution in [0.2, 0.25) is 10.0 Å². The lowest BCUT2D eigenvalue weighted by Gasteiger charge is -2.10. The van der Waals surface area contributed by atoms with Gasteiger partial charge in [-0.1, -0.05) is 53.5 Å². The summed E-state index contributed by atoms with van der Waals surface area (Å²) in [4.78, 5) is 11.8. The van der Waals surface area contributed by atoms with Crippen molar-refractivity contribution in [2.75, 3.05) is 5.32 Å². The molecule has 0 aromatic heterocycles. The normalized spacial score (nSPS) is 10.2. The molecule has 0 spiro atoms. The van der Waals surface area contributed by atoms with Gasteiger partial charge in [-0.15, -0.1) is 0 Å². The van der Waals surface area contributed by atoms with Crippen LogP contribution in [0.25, 0.3) is 0 Å². The second-order valence-electron chi connectivity index (χ2n) is 4.37. The van der Waals surface area contributed by atoms with Gasteiger partial charge in [-0.25, -0.2) is 4.79 Å². The molecule has 104 valence electrons. The highest BCUT2D eigenvalue weighted by atomic mass is 35.5. The Balaban J connectivity index is 1.97. The van der Waals surface area contributed by atoms with E-state index in [1.807, 2.05) is 37.3 Å². The van der Waals surface area contributed by atoms with Crippen LogP contribution in [0.4, 0.5) is 10.5 Å². The average molecular weight is 309 g/mol. The molecule has 5 heteroatoms. The molecule has 2 rings (SSSR count). The largest absolute Gasteiger partial charge is 0.334 e. The number of hydrogen-bond acceptors (Lipinski definition) is 1. The van der Waals surface area contributed by atoms with E-state index < -0.39 is 0 Å². The van der Waals surface area contributed by atoms with Crippen molar-refractivity contribution in [2.24, 2.45) is 0 Å². The Labute approximate surface area is 127 Å². The summed E-state index contributed by atoms with van der Waals surface area (Å²) >= 11 is 12.1. The molecule has 0 radical (unpaired) electrons. The fourth-order valence-corrected chi connectivity index (χ4v) is 2.12. The highest BCUT2D eigenvalue weighted by Gasteiger charge is 2.08. The van der Waals surface area contributed by atoms with Crippen molar-refractivity contribution in [3.8, 4) is 0 Å². The minimum absolute atomic E-state index is 0.323. The number of benzene rings is 2. The average Bonchev–Trinajstić information content (AvgIpc) is 2.44. The number of nitrogens with one attached hydrogen (secondary N) is 2. The van der Waals surface area contributed by atoms with Gasteiger partial charge in [-0.3, -0.25) is 0 Å². The number of aryl methyl sites for hydroxylation is 1. The van der Waals surface area contributed by atoms with Gasteiger partial charge in [0.15, 0.2) is 0 Å². The number of amides is 2. The molecule has 2 N–H and O–H groups in total. The predicted octanol–water partition coefficient (Wildman–Crippen LogP) is 4.62. The number of rotatable bonds is 3. The minimum Gasteiger partial charge on any atom is -0.334 e.